The van der Waals surface area contributed by atoms with E-state index in [1.807, 2.05) is 114 Å². The van der Waals surface area contributed by atoms with Crippen LogP contribution >= 0.6 is 11.6 Å². The molecule has 1 N–H and O–H groups in total. The summed E-state index contributed by atoms with van der Waals surface area (Å²) in [7, 11) is 1.63. The van der Waals surface area contributed by atoms with E-state index >= 15 is 0 Å². The molecule has 1 amide bonds. The average Bonchev–Trinajstić information content (AvgIpc) is 3.36. The largest absolute Gasteiger partial charge is 0.497 e. The summed E-state index contributed by atoms with van der Waals surface area (Å²) in [5.41, 5.74) is 4.48. The van der Waals surface area contributed by atoms with Crippen LogP contribution in [0.2, 0.25) is 0 Å². The molecule has 0 fully saturated rings. The number of aromatic nitrogens is 2. The molecule has 0 saturated carbocycles. The number of halogens is 1. The lowest BCUT2D eigenvalue weighted by atomic mass is 10.0. The van der Waals surface area contributed by atoms with Crippen LogP contribution in [0.5, 0.6) is 5.75 Å². The molecule has 0 bridgehead atoms. The Morgan fingerprint density at radius 2 is 1.57 bits per heavy atom. The number of fused-ring (bicyclic) bond motifs is 1. The minimum absolute atomic E-state index is 0.277. The Bertz CT molecular complexity index is 1500. The Morgan fingerprint density at radius 3 is 2.30 bits per heavy atom. The van der Waals surface area contributed by atoms with Crippen LogP contribution in [0.4, 0.5) is 0 Å². The first-order valence-electron chi connectivity index (χ1n) is 12.3. The van der Waals surface area contributed by atoms with Crippen molar-refractivity contribution in [2.75, 3.05) is 7.11 Å². The molecule has 0 radical (unpaired) electrons. The van der Waals surface area contributed by atoms with Crippen LogP contribution in [-0.4, -0.2) is 22.6 Å². The lowest BCUT2D eigenvalue weighted by molar-refractivity contribution is -0.126. The number of para-hydroxylation sites is 2. The van der Waals surface area contributed by atoms with E-state index in [4.69, 9.17) is 21.3 Å². The SMILES string of the molecule is COc1cccc(-c2nc3ccccc3n2C(Cl)(CCc2ccccc2)C(=O)NCc2ccccc2)c1. The highest BCUT2D eigenvalue weighted by atomic mass is 35.5. The minimum Gasteiger partial charge on any atom is -0.497 e. The maximum atomic E-state index is 14.0. The molecule has 5 aromatic rings. The summed E-state index contributed by atoms with van der Waals surface area (Å²) in [6.07, 6.45) is 0.990. The second-order valence-corrected chi connectivity index (χ2v) is 9.53. The molecule has 1 heterocycles. The van der Waals surface area contributed by atoms with Gasteiger partial charge in [0, 0.05) is 12.1 Å². The number of imidazole rings is 1. The molecule has 1 unspecified atom stereocenters. The number of amides is 1. The van der Waals surface area contributed by atoms with E-state index in [1.165, 1.54) is 0 Å². The molecular formula is C31H28ClN3O2. The fourth-order valence-corrected chi connectivity index (χ4v) is 4.87. The Labute approximate surface area is 221 Å². The first-order chi connectivity index (χ1) is 18.1. The Balaban J connectivity index is 1.62. The van der Waals surface area contributed by atoms with E-state index in [-0.39, 0.29) is 5.91 Å². The number of carbonyl (C=O) groups is 1. The van der Waals surface area contributed by atoms with Gasteiger partial charge in [-0.15, -0.1) is 0 Å². The van der Waals surface area contributed by atoms with Gasteiger partial charge in [0.05, 0.1) is 18.1 Å². The maximum Gasteiger partial charge on any atom is 0.262 e. The van der Waals surface area contributed by atoms with Crippen molar-refractivity contribution in [3.05, 3.63) is 120 Å². The van der Waals surface area contributed by atoms with Gasteiger partial charge in [-0.25, -0.2) is 4.98 Å². The van der Waals surface area contributed by atoms with Gasteiger partial charge in [0.15, 0.2) is 5.00 Å². The molecular weight excluding hydrogens is 482 g/mol. The zero-order chi connectivity index (χ0) is 25.7. The maximum absolute atomic E-state index is 14.0. The zero-order valence-electron chi connectivity index (χ0n) is 20.6. The number of benzene rings is 4. The van der Waals surface area contributed by atoms with Crippen LogP contribution in [0.1, 0.15) is 17.5 Å². The summed E-state index contributed by atoms with van der Waals surface area (Å²) >= 11 is 7.46. The molecule has 1 atom stereocenters. The monoisotopic (exact) mass is 509 g/mol. The summed E-state index contributed by atoms with van der Waals surface area (Å²) in [4.78, 5) is 17.5. The number of carbonyl (C=O) groups excluding carboxylic acids is 1. The molecule has 0 aliphatic heterocycles. The number of ether oxygens (including phenoxy) is 1. The molecule has 0 aliphatic rings. The van der Waals surface area contributed by atoms with Crippen LogP contribution in [0.25, 0.3) is 22.4 Å². The number of rotatable bonds is 9. The lowest BCUT2D eigenvalue weighted by Crippen LogP contribution is -2.45. The van der Waals surface area contributed by atoms with Crippen molar-refractivity contribution in [1.29, 1.82) is 0 Å². The number of aryl methyl sites for hydroxylation is 1. The van der Waals surface area contributed by atoms with Crippen molar-refractivity contribution < 1.29 is 9.53 Å². The van der Waals surface area contributed by atoms with Crippen molar-refractivity contribution in [3.8, 4) is 17.1 Å². The highest BCUT2D eigenvalue weighted by Crippen LogP contribution is 2.38. The second kappa shape index (κ2) is 10.9. The van der Waals surface area contributed by atoms with Crippen LogP contribution < -0.4 is 10.1 Å². The molecule has 0 spiro atoms. The predicted molar refractivity (Wildman–Crippen MR) is 149 cm³/mol. The van der Waals surface area contributed by atoms with Gasteiger partial charge in [-0.2, -0.15) is 0 Å². The quantitative estimate of drug-likeness (QED) is 0.229. The summed E-state index contributed by atoms with van der Waals surface area (Å²) in [5.74, 6) is 1.04. The molecule has 5 rings (SSSR count). The number of nitrogens with zero attached hydrogens (tertiary/aromatic N) is 2. The highest BCUT2D eigenvalue weighted by molar-refractivity contribution is 6.33. The Kier molecular flexibility index (Phi) is 7.24. The van der Waals surface area contributed by atoms with Crippen LogP contribution in [0, 0.1) is 0 Å². The zero-order valence-corrected chi connectivity index (χ0v) is 21.4. The molecule has 0 aliphatic carbocycles. The van der Waals surface area contributed by atoms with E-state index in [9.17, 15) is 4.79 Å². The van der Waals surface area contributed by atoms with Gasteiger partial charge in [0.2, 0.25) is 0 Å². The minimum atomic E-state index is -1.43. The van der Waals surface area contributed by atoms with E-state index in [0.29, 0.717) is 31.0 Å². The van der Waals surface area contributed by atoms with E-state index in [2.05, 4.69) is 5.32 Å². The van der Waals surface area contributed by atoms with E-state index in [0.717, 1.165) is 27.7 Å². The number of hydrogen-bond donors (Lipinski definition) is 1. The molecule has 186 valence electrons. The fraction of sp³-hybridized carbons (Fsp3) is 0.161. The Hall–Kier alpha value is -4.09. The molecule has 5 nitrogen and oxygen atoms in total. The third-order valence-electron chi connectivity index (χ3n) is 6.47. The smallest absolute Gasteiger partial charge is 0.262 e. The van der Waals surface area contributed by atoms with Gasteiger partial charge in [-0.05, 0) is 48.2 Å². The molecule has 37 heavy (non-hydrogen) atoms. The third-order valence-corrected chi connectivity index (χ3v) is 7.00. The van der Waals surface area contributed by atoms with Crippen LogP contribution in [-0.2, 0) is 22.8 Å². The van der Waals surface area contributed by atoms with Crippen molar-refractivity contribution in [1.82, 2.24) is 14.9 Å². The molecule has 4 aromatic carbocycles. The van der Waals surface area contributed by atoms with Gasteiger partial charge in [0.1, 0.15) is 11.6 Å². The first-order valence-corrected chi connectivity index (χ1v) is 12.6. The van der Waals surface area contributed by atoms with Gasteiger partial charge in [-0.1, -0.05) is 96.5 Å². The molecule has 6 heteroatoms. The Morgan fingerprint density at radius 1 is 0.892 bits per heavy atom. The van der Waals surface area contributed by atoms with Crippen molar-refractivity contribution in [2.24, 2.45) is 0 Å². The fourth-order valence-electron chi connectivity index (χ4n) is 4.54. The van der Waals surface area contributed by atoms with Gasteiger partial charge in [0.25, 0.3) is 5.91 Å². The normalized spacial score (nSPS) is 12.7. The number of nitrogens with one attached hydrogen (secondary N) is 1. The number of alkyl halides is 1. The van der Waals surface area contributed by atoms with E-state index < -0.39 is 5.00 Å². The van der Waals surface area contributed by atoms with Crippen molar-refractivity contribution >= 4 is 28.5 Å². The topological polar surface area (TPSA) is 56.2 Å². The highest BCUT2D eigenvalue weighted by Gasteiger charge is 2.41. The van der Waals surface area contributed by atoms with Gasteiger partial charge >= 0.3 is 0 Å². The average molecular weight is 510 g/mol. The summed E-state index contributed by atoms with van der Waals surface area (Å²) in [6, 6.07) is 35.3. The predicted octanol–water partition coefficient (Wildman–Crippen LogP) is 6.55. The van der Waals surface area contributed by atoms with Crippen molar-refractivity contribution in [3.63, 3.8) is 0 Å². The van der Waals surface area contributed by atoms with Crippen molar-refractivity contribution in [2.45, 2.75) is 24.4 Å². The third kappa shape index (κ3) is 5.23. The van der Waals surface area contributed by atoms with Crippen LogP contribution in [0.3, 0.4) is 0 Å². The second-order valence-electron chi connectivity index (χ2n) is 8.90. The number of hydrogen-bond acceptors (Lipinski definition) is 3. The number of methoxy groups -OCH3 is 1. The first kappa shape index (κ1) is 24.6. The van der Waals surface area contributed by atoms with Crippen LogP contribution in [0.15, 0.2) is 109 Å². The lowest BCUT2D eigenvalue weighted by Gasteiger charge is -2.30. The summed E-state index contributed by atoms with van der Waals surface area (Å²) in [5, 5.41) is 3.09. The van der Waals surface area contributed by atoms with Gasteiger partial charge in [-0.3, -0.25) is 9.36 Å². The van der Waals surface area contributed by atoms with Gasteiger partial charge < -0.3 is 10.1 Å². The molecule has 1 aromatic heterocycles. The summed E-state index contributed by atoms with van der Waals surface area (Å²) < 4.78 is 7.34. The summed E-state index contributed by atoms with van der Waals surface area (Å²) in [6.45, 7) is 0.376. The standard InChI is InChI=1S/C31H28ClN3O2/c1-37-26-16-10-15-25(21-26)29-34-27-17-8-9-18-28(27)35(29)31(32,20-19-23-11-4-2-5-12-23)30(36)33-22-24-13-6-3-7-14-24/h2-18,21H,19-20,22H2,1H3,(H,33,36). The molecule has 0 saturated heterocycles. The van der Waals surface area contributed by atoms with E-state index in [1.54, 1.807) is 7.11 Å².